The van der Waals surface area contributed by atoms with Crippen LogP contribution in [0.5, 0.6) is 0 Å². The largest absolute Gasteiger partial charge is 0.393 e. The number of aliphatic hydroxyl groups excluding tert-OH is 1. The molecule has 0 fully saturated rings. The van der Waals surface area contributed by atoms with Gasteiger partial charge >= 0.3 is 0 Å². The van der Waals surface area contributed by atoms with Gasteiger partial charge in [-0.15, -0.1) is 0 Å². The van der Waals surface area contributed by atoms with Crippen molar-refractivity contribution in [1.29, 1.82) is 0 Å². The van der Waals surface area contributed by atoms with Crippen LogP contribution in [0.4, 0.5) is 0 Å². The van der Waals surface area contributed by atoms with Gasteiger partial charge in [-0.3, -0.25) is 0 Å². The maximum absolute atomic E-state index is 9.21. The zero-order valence-electron chi connectivity index (χ0n) is 11.0. The van der Waals surface area contributed by atoms with Crippen molar-refractivity contribution in [2.45, 2.75) is 59.0 Å². The Balaban J connectivity index is 3.59. The molecule has 0 aliphatic rings. The summed E-state index contributed by atoms with van der Waals surface area (Å²) in [5.41, 5.74) is 0. The van der Waals surface area contributed by atoms with Crippen molar-refractivity contribution in [2.24, 2.45) is 0 Å². The van der Waals surface area contributed by atoms with E-state index in [1.165, 1.54) is 0 Å². The average molecular weight is 233 g/mol. The van der Waals surface area contributed by atoms with E-state index >= 15 is 0 Å². The lowest BCUT2D eigenvalue weighted by molar-refractivity contribution is -0.138. The van der Waals surface area contributed by atoms with Crippen molar-refractivity contribution >= 4 is 0 Å². The summed E-state index contributed by atoms with van der Waals surface area (Å²) in [7, 11) is 0. The Kier molecular flexibility index (Phi) is 9.92. The molecule has 2 N–H and O–H groups in total. The Morgan fingerprint density at radius 3 is 2.12 bits per heavy atom. The fourth-order valence-electron chi connectivity index (χ4n) is 1.63. The number of nitrogens with one attached hydrogen (secondary N) is 1. The molecule has 2 atom stereocenters. The summed E-state index contributed by atoms with van der Waals surface area (Å²) in [6.45, 7) is 10.0. The molecule has 0 rings (SSSR count). The lowest BCUT2D eigenvalue weighted by Crippen LogP contribution is -2.32. The maximum Gasteiger partial charge on any atom is 0.158 e. The average Bonchev–Trinajstić information content (AvgIpc) is 2.17. The summed E-state index contributed by atoms with van der Waals surface area (Å²) < 4.78 is 10.9. The zero-order chi connectivity index (χ0) is 12.4. The minimum atomic E-state index is -0.253. The quantitative estimate of drug-likeness (QED) is 0.562. The van der Waals surface area contributed by atoms with E-state index in [1.807, 2.05) is 13.8 Å². The van der Waals surface area contributed by atoms with Gasteiger partial charge in [-0.25, -0.2) is 0 Å². The highest BCUT2D eigenvalue weighted by molar-refractivity contribution is 4.64. The van der Waals surface area contributed by atoms with E-state index in [-0.39, 0.29) is 12.4 Å². The second-order valence-electron chi connectivity index (χ2n) is 4.07. The van der Waals surface area contributed by atoms with Crippen molar-refractivity contribution in [3.8, 4) is 0 Å². The predicted molar refractivity (Wildman–Crippen MR) is 65.4 cm³/mol. The van der Waals surface area contributed by atoms with E-state index in [4.69, 9.17) is 9.47 Å². The Hall–Kier alpha value is -0.160. The third-order valence-electron chi connectivity index (χ3n) is 2.27. The minimum Gasteiger partial charge on any atom is -0.393 e. The van der Waals surface area contributed by atoms with Crippen molar-refractivity contribution in [1.82, 2.24) is 5.32 Å². The van der Waals surface area contributed by atoms with Crippen LogP contribution in [0.3, 0.4) is 0 Å². The molecule has 0 radical (unpaired) electrons. The minimum absolute atomic E-state index is 0.110. The standard InChI is InChI=1S/C12H27NO3/c1-5-15-12(16-6-2)7-8-13-10(3)9-11(4)14/h10-14H,5-9H2,1-4H3. The van der Waals surface area contributed by atoms with Crippen molar-refractivity contribution in [3.63, 3.8) is 0 Å². The van der Waals surface area contributed by atoms with Crippen LogP contribution in [0, 0.1) is 0 Å². The van der Waals surface area contributed by atoms with Gasteiger partial charge in [-0.1, -0.05) is 0 Å². The number of rotatable bonds is 10. The van der Waals surface area contributed by atoms with Gasteiger partial charge in [0.2, 0.25) is 0 Å². The van der Waals surface area contributed by atoms with Crippen LogP contribution >= 0.6 is 0 Å². The molecule has 4 heteroatoms. The lowest BCUT2D eigenvalue weighted by atomic mass is 10.1. The monoisotopic (exact) mass is 233 g/mol. The first kappa shape index (κ1) is 15.8. The lowest BCUT2D eigenvalue weighted by Gasteiger charge is -2.19. The summed E-state index contributed by atoms with van der Waals surface area (Å²) in [4.78, 5) is 0. The number of hydrogen-bond acceptors (Lipinski definition) is 4. The molecule has 0 saturated heterocycles. The Morgan fingerprint density at radius 2 is 1.69 bits per heavy atom. The van der Waals surface area contributed by atoms with E-state index in [9.17, 15) is 5.11 Å². The van der Waals surface area contributed by atoms with Crippen molar-refractivity contribution < 1.29 is 14.6 Å². The molecule has 2 unspecified atom stereocenters. The third kappa shape index (κ3) is 9.09. The van der Waals surface area contributed by atoms with Crippen molar-refractivity contribution in [2.75, 3.05) is 19.8 Å². The smallest absolute Gasteiger partial charge is 0.158 e. The number of aliphatic hydroxyl groups is 1. The van der Waals surface area contributed by atoms with Gasteiger partial charge in [-0.05, 0) is 34.1 Å². The fourth-order valence-corrected chi connectivity index (χ4v) is 1.63. The topological polar surface area (TPSA) is 50.7 Å². The van der Waals surface area contributed by atoms with Crippen LogP contribution in [-0.2, 0) is 9.47 Å². The molecule has 0 heterocycles. The number of ether oxygens (including phenoxy) is 2. The summed E-state index contributed by atoms with van der Waals surface area (Å²) >= 11 is 0. The fraction of sp³-hybridized carbons (Fsp3) is 1.00. The first-order valence-electron chi connectivity index (χ1n) is 6.24. The van der Waals surface area contributed by atoms with Gasteiger partial charge in [0, 0.05) is 32.2 Å². The highest BCUT2D eigenvalue weighted by Gasteiger charge is 2.09. The molecular weight excluding hydrogens is 206 g/mol. The normalized spacial score (nSPS) is 15.4. The molecule has 0 bridgehead atoms. The highest BCUT2D eigenvalue weighted by Crippen LogP contribution is 2.01. The molecule has 4 nitrogen and oxygen atoms in total. The van der Waals surface area contributed by atoms with Gasteiger partial charge in [0.15, 0.2) is 6.29 Å². The third-order valence-corrected chi connectivity index (χ3v) is 2.27. The molecule has 0 aromatic rings. The van der Waals surface area contributed by atoms with Crippen LogP contribution in [-0.4, -0.2) is 43.3 Å². The van der Waals surface area contributed by atoms with E-state index < -0.39 is 0 Å². The SMILES string of the molecule is CCOC(CCNC(C)CC(C)O)OCC. The van der Waals surface area contributed by atoms with Gasteiger partial charge in [0.05, 0.1) is 6.10 Å². The van der Waals surface area contributed by atoms with E-state index in [2.05, 4.69) is 12.2 Å². The summed E-state index contributed by atoms with van der Waals surface area (Å²) in [6.07, 6.45) is 1.25. The first-order chi connectivity index (χ1) is 7.60. The molecular formula is C12H27NO3. The molecule has 0 spiro atoms. The second kappa shape index (κ2) is 10.0. The van der Waals surface area contributed by atoms with Crippen molar-refractivity contribution in [3.05, 3.63) is 0 Å². The molecule has 0 aliphatic heterocycles. The van der Waals surface area contributed by atoms with Gasteiger partial charge < -0.3 is 19.9 Å². The molecule has 0 aromatic heterocycles. The summed E-state index contributed by atoms with van der Waals surface area (Å²) in [5, 5.41) is 12.6. The molecule has 16 heavy (non-hydrogen) atoms. The first-order valence-corrected chi connectivity index (χ1v) is 6.24. The van der Waals surface area contributed by atoms with E-state index in [1.54, 1.807) is 6.92 Å². The Morgan fingerprint density at radius 1 is 1.12 bits per heavy atom. The van der Waals surface area contributed by atoms with E-state index in [0.717, 1.165) is 19.4 Å². The van der Waals surface area contributed by atoms with Gasteiger partial charge in [-0.2, -0.15) is 0 Å². The second-order valence-corrected chi connectivity index (χ2v) is 4.07. The molecule has 0 aromatic carbocycles. The summed E-state index contributed by atoms with van der Waals surface area (Å²) in [6, 6.07) is 0.323. The van der Waals surface area contributed by atoms with Crippen LogP contribution in [0.15, 0.2) is 0 Å². The van der Waals surface area contributed by atoms with Crippen LogP contribution in [0.2, 0.25) is 0 Å². The maximum atomic E-state index is 9.21. The van der Waals surface area contributed by atoms with Crippen LogP contribution in [0.25, 0.3) is 0 Å². The zero-order valence-corrected chi connectivity index (χ0v) is 11.0. The Bertz CT molecular complexity index is 147. The van der Waals surface area contributed by atoms with E-state index in [0.29, 0.717) is 19.3 Å². The molecule has 98 valence electrons. The number of hydrogen-bond donors (Lipinski definition) is 2. The molecule has 0 saturated carbocycles. The van der Waals surface area contributed by atoms with Crippen LogP contribution in [0.1, 0.15) is 40.5 Å². The predicted octanol–water partition coefficient (Wildman–Crippen LogP) is 1.52. The molecule has 0 aliphatic carbocycles. The van der Waals surface area contributed by atoms with Gasteiger partial charge in [0.25, 0.3) is 0 Å². The van der Waals surface area contributed by atoms with Gasteiger partial charge in [0.1, 0.15) is 0 Å². The Labute approximate surface area is 99.3 Å². The molecule has 0 amide bonds. The summed E-state index contributed by atoms with van der Waals surface area (Å²) in [5.74, 6) is 0. The highest BCUT2D eigenvalue weighted by atomic mass is 16.7. The van der Waals surface area contributed by atoms with Crippen LogP contribution < -0.4 is 5.32 Å².